The van der Waals surface area contributed by atoms with E-state index in [4.69, 9.17) is 9.47 Å². The maximum absolute atomic E-state index is 11.5. The van der Waals surface area contributed by atoms with Crippen molar-refractivity contribution in [2.75, 3.05) is 19.5 Å². The Morgan fingerprint density at radius 3 is 2.00 bits per heavy atom. The zero-order chi connectivity index (χ0) is 17.9. The fourth-order valence-electron chi connectivity index (χ4n) is 2.11. The van der Waals surface area contributed by atoms with Gasteiger partial charge in [0.25, 0.3) is 0 Å². The lowest BCUT2D eigenvalue weighted by molar-refractivity contribution is 0.0687. The lowest BCUT2D eigenvalue weighted by Gasteiger charge is -2.15. The summed E-state index contributed by atoms with van der Waals surface area (Å²) in [6.45, 7) is 0. The number of methoxy groups -OCH3 is 2. The molecule has 0 spiro atoms. The zero-order valence-electron chi connectivity index (χ0n) is 12.8. The van der Waals surface area contributed by atoms with E-state index >= 15 is 0 Å². The highest BCUT2D eigenvalue weighted by Gasteiger charge is 2.18. The summed E-state index contributed by atoms with van der Waals surface area (Å²) in [6, 6.07) is 7.36. The fraction of sp³-hybridized carbons (Fsp3) is 0.125. The van der Waals surface area contributed by atoms with Gasteiger partial charge in [-0.05, 0) is 18.2 Å². The van der Waals surface area contributed by atoms with Gasteiger partial charge in [0.1, 0.15) is 0 Å². The molecule has 0 radical (unpaired) electrons. The van der Waals surface area contributed by atoms with Crippen molar-refractivity contribution in [2.24, 2.45) is 0 Å². The number of carbonyl (C=O) groups is 2. The first kappa shape index (κ1) is 17.6. The molecule has 0 bridgehead atoms. The average molecular weight is 396 g/mol. The summed E-state index contributed by atoms with van der Waals surface area (Å²) in [4.78, 5) is 22.9. The van der Waals surface area contributed by atoms with Crippen LogP contribution in [0.25, 0.3) is 0 Å². The largest absolute Gasteiger partial charge is 0.493 e. The maximum atomic E-state index is 11.5. The molecule has 0 aliphatic heterocycles. The van der Waals surface area contributed by atoms with E-state index in [-0.39, 0.29) is 28.3 Å². The number of ether oxygens (including phenoxy) is 2. The summed E-state index contributed by atoms with van der Waals surface area (Å²) in [5, 5.41) is 21.5. The molecule has 0 saturated heterocycles. The Bertz CT molecular complexity index is 805. The quantitative estimate of drug-likeness (QED) is 0.685. The Balaban J connectivity index is 2.57. The molecule has 0 aliphatic carbocycles. The molecule has 0 unspecified atom stereocenters. The van der Waals surface area contributed by atoms with Gasteiger partial charge in [-0.1, -0.05) is 15.9 Å². The van der Waals surface area contributed by atoms with Gasteiger partial charge in [0.2, 0.25) is 0 Å². The Morgan fingerprint density at radius 2 is 1.46 bits per heavy atom. The van der Waals surface area contributed by atoms with E-state index in [0.717, 1.165) is 0 Å². The Kier molecular flexibility index (Phi) is 5.30. The first-order chi connectivity index (χ1) is 11.4. The van der Waals surface area contributed by atoms with Crippen molar-refractivity contribution in [3.63, 3.8) is 0 Å². The van der Waals surface area contributed by atoms with E-state index < -0.39 is 11.9 Å². The first-order valence-corrected chi connectivity index (χ1v) is 7.45. The third-order valence-electron chi connectivity index (χ3n) is 3.24. The number of nitrogens with one attached hydrogen (secondary N) is 1. The molecule has 0 fully saturated rings. The Labute approximate surface area is 146 Å². The molecule has 3 N–H and O–H groups in total. The van der Waals surface area contributed by atoms with Crippen LogP contribution in [0.5, 0.6) is 11.5 Å². The third-order valence-corrected chi connectivity index (χ3v) is 3.73. The number of benzene rings is 2. The molecule has 0 amide bonds. The van der Waals surface area contributed by atoms with E-state index in [1.165, 1.54) is 38.5 Å². The highest BCUT2D eigenvalue weighted by Crippen LogP contribution is 2.35. The Hall–Kier alpha value is -2.74. The van der Waals surface area contributed by atoms with Crippen LogP contribution in [0.4, 0.5) is 11.4 Å². The molecule has 0 atom stereocenters. The van der Waals surface area contributed by atoms with Gasteiger partial charge in [-0.3, -0.25) is 0 Å². The standard InChI is InChI=1S/C16H14BrNO6/c1-23-13-6-10(16(21)22)12(7-14(13)24-2)18-11-4-3-8(17)5-9(11)15(19)20/h3-7,18H,1-2H3,(H,19,20)(H,21,22). The van der Waals surface area contributed by atoms with Crippen LogP contribution in [0, 0.1) is 0 Å². The van der Waals surface area contributed by atoms with Crippen molar-refractivity contribution in [3.05, 3.63) is 45.9 Å². The number of hydrogen-bond acceptors (Lipinski definition) is 5. The molecule has 0 aliphatic rings. The number of rotatable bonds is 6. The molecule has 0 aromatic heterocycles. The molecule has 8 heteroatoms. The monoisotopic (exact) mass is 395 g/mol. The molecule has 126 valence electrons. The maximum Gasteiger partial charge on any atom is 0.337 e. The van der Waals surface area contributed by atoms with Crippen LogP contribution in [-0.4, -0.2) is 36.4 Å². The zero-order valence-corrected chi connectivity index (χ0v) is 14.4. The first-order valence-electron chi connectivity index (χ1n) is 6.66. The smallest absolute Gasteiger partial charge is 0.337 e. The van der Waals surface area contributed by atoms with Crippen molar-refractivity contribution < 1.29 is 29.3 Å². The van der Waals surface area contributed by atoms with E-state index in [1.54, 1.807) is 6.07 Å². The van der Waals surface area contributed by atoms with Crippen LogP contribution in [0.1, 0.15) is 20.7 Å². The van der Waals surface area contributed by atoms with Gasteiger partial charge >= 0.3 is 11.9 Å². The van der Waals surface area contributed by atoms with Gasteiger partial charge in [0.15, 0.2) is 11.5 Å². The van der Waals surface area contributed by atoms with Crippen molar-refractivity contribution in [1.82, 2.24) is 0 Å². The van der Waals surface area contributed by atoms with Crippen LogP contribution < -0.4 is 14.8 Å². The van der Waals surface area contributed by atoms with Crippen molar-refractivity contribution in [3.8, 4) is 11.5 Å². The normalized spacial score (nSPS) is 10.1. The predicted molar refractivity (Wildman–Crippen MR) is 90.9 cm³/mol. The summed E-state index contributed by atoms with van der Waals surface area (Å²) in [7, 11) is 2.82. The van der Waals surface area contributed by atoms with E-state index in [0.29, 0.717) is 10.2 Å². The van der Waals surface area contributed by atoms with Crippen molar-refractivity contribution >= 4 is 39.2 Å². The number of anilines is 2. The van der Waals surface area contributed by atoms with Crippen LogP contribution >= 0.6 is 15.9 Å². The summed E-state index contributed by atoms with van der Waals surface area (Å²) in [5.74, 6) is -1.75. The lowest BCUT2D eigenvalue weighted by atomic mass is 10.1. The van der Waals surface area contributed by atoms with Gasteiger partial charge in [-0.25, -0.2) is 9.59 Å². The number of hydrogen-bond donors (Lipinski definition) is 3. The van der Waals surface area contributed by atoms with Crippen molar-refractivity contribution in [1.29, 1.82) is 0 Å². The van der Waals surface area contributed by atoms with Crippen LogP contribution in [0.2, 0.25) is 0 Å². The van der Waals surface area contributed by atoms with Gasteiger partial charge < -0.3 is 25.0 Å². The number of halogens is 1. The number of carboxylic acid groups (broad SMARTS) is 2. The predicted octanol–water partition coefficient (Wildman–Crippen LogP) is 3.61. The molecule has 24 heavy (non-hydrogen) atoms. The molecule has 0 saturated carbocycles. The van der Waals surface area contributed by atoms with E-state index in [2.05, 4.69) is 21.2 Å². The average Bonchev–Trinajstić information content (AvgIpc) is 2.55. The Morgan fingerprint density at radius 1 is 0.917 bits per heavy atom. The summed E-state index contributed by atoms with van der Waals surface area (Å²) < 4.78 is 10.9. The molecule has 2 aromatic rings. The molecule has 2 rings (SSSR count). The van der Waals surface area contributed by atoms with E-state index in [9.17, 15) is 19.8 Å². The van der Waals surface area contributed by atoms with Gasteiger partial charge in [0.05, 0.1) is 36.7 Å². The molecule has 0 heterocycles. The van der Waals surface area contributed by atoms with Crippen LogP contribution in [0.3, 0.4) is 0 Å². The number of carboxylic acids is 2. The topological polar surface area (TPSA) is 105 Å². The van der Waals surface area contributed by atoms with E-state index in [1.807, 2.05) is 0 Å². The molecular formula is C16H14BrNO6. The van der Waals surface area contributed by atoms with Crippen LogP contribution in [-0.2, 0) is 0 Å². The third kappa shape index (κ3) is 3.60. The fourth-order valence-corrected chi connectivity index (χ4v) is 2.47. The highest BCUT2D eigenvalue weighted by molar-refractivity contribution is 9.10. The van der Waals surface area contributed by atoms with Crippen molar-refractivity contribution in [2.45, 2.75) is 0 Å². The minimum atomic E-state index is -1.19. The van der Waals surface area contributed by atoms with Gasteiger partial charge in [-0.15, -0.1) is 0 Å². The lowest BCUT2D eigenvalue weighted by Crippen LogP contribution is -2.07. The summed E-state index contributed by atoms with van der Waals surface area (Å²) in [5.41, 5.74) is 0.354. The second-order valence-corrected chi connectivity index (χ2v) is 5.59. The van der Waals surface area contributed by atoms with Crippen LogP contribution in [0.15, 0.2) is 34.8 Å². The SMILES string of the molecule is COc1cc(Nc2ccc(Br)cc2C(=O)O)c(C(=O)O)cc1OC. The minimum Gasteiger partial charge on any atom is -0.493 e. The molecular weight excluding hydrogens is 382 g/mol. The van der Waals surface area contributed by atoms with Gasteiger partial charge in [-0.2, -0.15) is 0 Å². The molecule has 7 nitrogen and oxygen atoms in total. The minimum absolute atomic E-state index is 0.00417. The van der Waals surface area contributed by atoms with Gasteiger partial charge in [0, 0.05) is 16.6 Å². The molecule has 2 aromatic carbocycles. The summed E-state index contributed by atoms with van der Waals surface area (Å²) in [6.07, 6.45) is 0. The number of aromatic carboxylic acids is 2. The summed E-state index contributed by atoms with van der Waals surface area (Å²) >= 11 is 3.21. The second kappa shape index (κ2) is 7.22. The second-order valence-electron chi connectivity index (χ2n) is 4.68. The highest BCUT2D eigenvalue weighted by atomic mass is 79.9.